The van der Waals surface area contributed by atoms with Crippen LogP contribution in [0, 0.1) is 0 Å². The number of rotatable bonds is 4. The Morgan fingerprint density at radius 3 is 2.88 bits per heavy atom. The number of hydrogen-bond acceptors (Lipinski definition) is 5. The van der Waals surface area contributed by atoms with E-state index in [1.54, 1.807) is 0 Å². The summed E-state index contributed by atoms with van der Waals surface area (Å²) < 4.78 is 1.46. The van der Waals surface area contributed by atoms with Crippen LogP contribution >= 0.6 is 11.8 Å². The molecule has 1 N–H and O–H groups in total. The molecule has 88 valence electrons. The lowest BCUT2D eigenvalue weighted by molar-refractivity contribution is -0.117. The molecule has 1 amide bonds. The van der Waals surface area contributed by atoms with Crippen molar-refractivity contribution in [1.29, 1.82) is 0 Å². The zero-order valence-electron chi connectivity index (χ0n) is 9.20. The molecule has 17 heavy (non-hydrogen) atoms. The predicted molar refractivity (Wildman–Crippen MR) is 64.7 cm³/mol. The molecule has 1 aromatic carbocycles. The molecule has 0 saturated carbocycles. The molecule has 1 aromatic heterocycles. The number of carbonyl (C=O) groups is 1. The fourth-order valence-corrected chi connectivity index (χ4v) is 1.73. The van der Waals surface area contributed by atoms with Crippen LogP contribution in [0.2, 0.25) is 0 Å². The van der Waals surface area contributed by atoms with Crippen LogP contribution in [-0.2, 0) is 11.3 Å². The number of benzene rings is 1. The van der Waals surface area contributed by atoms with E-state index in [0.717, 1.165) is 5.69 Å². The van der Waals surface area contributed by atoms with Crippen LogP contribution in [0.1, 0.15) is 0 Å². The van der Waals surface area contributed by atoms with E-state index in [-0.39, 0.29) is 12.5 Å². The molecule has 0 radical (unpaired) electrons. The van der Waals surface area contributed by atoms with Gasteiger partial charge in [0, 0.05) is 5.69 Å². The lowest BCUT2D eigenvalue weighted by Gasteiger charge is -2.05. The van der Waals surface area contributed by atoms with Crippen molar-refractivity contribution < 1.29 is 4.79 Å². The maximum Gasteiger partial charge on any atom is 0.246 e. The Labute approximate surface area is 102 Å². The summed E-state index contributed by atoms with van der Waals surface area (Å²) in [7, 11) is 0. The number of thioether (sulfide) groups is 1. The Morgan fingerprint density at radius 1 is 1.41 bits per heavy atom. The standard InChI is InChI=1S/C10H11N5OS/c1-17-10-12-13-14-15(10)7-9(16)11-8-5-3-2-4-6-8/h2-6H,7H2,1H3,(H,11,16). The molecule has 0 atom stereocenters. The van der Waals surface area contributed by atoms with Gasteiger partial charge in [0.05, 0.1) is 0 Å². The van der Waals surface area contributed by atoms with Crippen LogP contribution < -0.4 is 5.32 Å². The molecule has 0 spiro atoms. The quantitative estimate of drug-likeness (QED) is 0.819. The summed E-state index contributed by atoms with van der Waals surface area (Å²) in [5.74, 6) is -0.154. The molecular formula is C10H11N5OS. The van der Waals surface area contributed by atoms with Crippen molar-refractivity contribution in [2.75, 3.05) is 11.6 Å². The number of para-hydroxylation sites is 1. The number of tetrazole rings is 1. The smallest absolute Gasteiger partial charge is 0.246 e. The van der Waals surface area contributed by atoms with E-state index in [1.165, 1.54) is 16.4 Å². The first-order chi connectivity index (χ1) is 8.29. The van der Waals surface area contributed by atoms with Gasteiger partial charge in [0.1, 0.15) is 6.54 Å². The van der Waals surface area contributed by atoms with Gasteiger partial charge in [0.15, 0.2) is 0 Å². The second-order valence-corrected chi connectivity index (χ2v) is 4.01. The monoisotopic (exact) mass is 249 g/mol. The van der Waals surface area contributed by atoms with Crippen molar-refractivity contribution in [3.8, 4) is 0 Å². The molecule has 0 aliphatic carbocycles. The third kappa shape index (κ3) is 3.04. The molecule has 0 unspecified atom stereocenters. The highest BCUT2D eigenvalue weighted by Gasteiger charge is 2.09. The normalized spacial score (nSPS) is 10.2. The van der Waals surface area contributed by atoms with Gasteiger partial charge >= 0.3 is 0 Å². The van der Waals surface area contributed by atoms with Gasteiger partial charge in [0.2, 0.25) is 11.1 Å². The minimum absolute atomic E-state index is 0.109. The van der Waals surface area contributed by atoms with Crippen LogP contribution in [0.15, 0.2) is 35.5 Å². The summed E-state index contributed by atoms with van der Waals surface area (Å²) in [5, 5.41) is 14.4. The van der Waals surface area contributed by atoms with Gasteiger partial charge in [-0.2, -0.15) is 0 Å². The van der Waals surface area contributed by atoms with E-state index in [0.29, 0.717) is 5.16 Å². The van der Waals surface area contributed by atoms with E-state index < -0.39 is 0 Å². The number of carbonyl (C=O) groups excluding carboxylic acids is 1. The Morgan fingerprint density at radius 2 is 2.18 bits per heavy atom. The molecule has 6 nitrogen and oxygen atoms in total. The average molecular weight is 249 g/mol. The average Bonchev–Trinajstić information content (AvgIpc) is 2.77. The van der Waals surface area contributed by atoms with Crippen molar-refractivity contribution in [2.45, 2.75) is 11.7 Å². The number of hydrogen-bond donors (Lipinski definition) is 1. The maximum atomic E-state index is 11.7. The Kier molecular flexibility index (Phi) is 3.71. The van der Waals surface area contributed by atoms with E-state index in [9.17, 15) is 4.79 Å². The first kappa shape index (κ1) is 11.6. The van der Waals surface area contributed by atoms with Crippen molar-refractivity contribution in [1.82, 2.24) is 20.2 Å². The van der Waals surface area contributed by atoms with Gasteiger partial charge in [0.25, 0.3) is 0 Å². The molecule has 2 aromatic rings. The molecular weight excluding hydrogens is 238 g/mol. The van der Waals surface area contributed by atoms with E-state index in [2.05, 4.69) is 20.8 Å². The summed E-state index contributed by atoms with van der Waals surface area (Å²) in [6.45, 7) is 0.109. The molecule has 0 saturated heterocycles. The summed E-state index contributed by atoms with van der Waals surface area (Å²) in [6.07, 6.45) is 1.86. The molecule has 0 bridgehead atoms. The third-order valence-electron chi connectivity index (χ3n) is 2.03. The summed E-state index contributed by atoms with van der Waals surface area (Å²) in [5.41, 5.74) is 0.760. The second-order valence-electron chi connectivity index (χ2n) is 3.24. The number of nitrogens with one attached hydrogen (secondary N) is 1. The van der Waals surface area contributed by atoms with Crippen LogP contribution in [0.4, 0.5) is 5.69 Å². The van der Waals surface area contributed by atoms with Crippen molar-refractivity contribution in [3.63, 3.8) is 0 Å². The summed E-state index contributed by atoms with van der Waals surface area (Å²) in [4.78, 5) is 11.7. The van der Waals surface area contributed by atoms with Gasteiger partial charge < -0.3 is 5.32 Å². The number of amides is 1. The second kappa shape index (κ2) is 5.44. The van der Waals surface area contributed by atoms with Gasteiger partial charge in [-0.05, 0) is 28.8 Å². The van der Waals surface area contributed by atoms with Crippen LogP contribution in [0.25, 0.3) is 0 Å². The van der Waals surface area contributed by atoms with Gasteiger partial charge in [-0.3, -0.25) is 4.79 Å². The fourth-order valence-electron chi connectivity index (χ4n) is 1.30. The van der Waals surface area contributed by atoms with Crippen LogP contribution in [-0.4, -0.2) is 32.4 Å². The van der Waals surface area contributed by atoms with Crippen molar-refractivity contribution >= 4 is 23.4 Å². The van der Waals surface area contributed by atoms with E-state index in [4.69, 9.17) is 0 Å². The fraction of sp³-hybridized carbons (Fsp3) is 0.200. The summed E-state index contributed by atoms with van der Waals surface area (Å²) >= 11 is 1.40. The van der Waals surface area contributed by atoms with Crippen molar-refractivity contribution in [3.05, 3.63) is 30.3 Å². The Bertz CT molecular complexity index is 498. The summed E-state index contributed by atoms with van der Waals surface area (Å²) in [6, 6.07) is 9.27. The third-order valence-corrected chi connectivity index (χ3v) is 2.69. The lowest BCUT2D eigenvalue weighted by atomic mass is 10.3. The lowest BCUT2D eigenvalue weighted by Crippen LogP contribution is -2.20. The first-order valence-corrected chi connectivity index (χ1v) is 6.17. The first-order valence-electron chi connectivity index (χ1n) is 4.94. The van der Waals surface area contributed by atoms with Crippen LogP contribution in [0.3, 0.4) is 0 Å². The number of anilines is 1. The largest absolute Gasteiger partial charge is 0.324 e. The molecule has 1 heterocycles. The van der Waals surface area contributed by atoms with Crippen LogP contribution in [0.5, 0.6) is 0 Å². The molecule has 0 aliphatic heterocycles. The van der Waals surface area contributed by atoms with E-state index in [1.807, 2.05) is 36.6 Å². The topological polar surface area (TPSA) is 72.7 Å². The Balaban J connectivity index is 1.98. The zero-order chi connectivity index (χ0) is 12.1. The maximum absolute atomic E-state index is 11.7. The highest BCUT2D eigenvalue weighted by Crippen LogP contribution is 2.09. The molecule has 7 heteroatoms. The minimum Gasteiger partial charge on any atom is -0.324 e. The molecule has 0 fully saturated rings. The molecule has 0 aliphatic rings. The zero-order valence-corrected chi connectivity index (χ0v) is 10.0. The highest BCUT2D eigenvalue weighted by atomic mass is 32.2. The minimum atomic E-state index is -0.154. The van der Waals surface area contributed by atoms with E-state index >= 15 is 0 Å². The van der Waals surface area contributed by atoms with Gasteiger partial charge in [-0.25, -0.2) is 4.68 Å². The highest BCUT2D eigenvalue weighted by molar-refractivity contribution is 7.98. The van der Waals surface area contributed by atoms with Crippen molar-refractivity contribution in [2.24, 2.45) is 0 Å². The Hall–Kier alpha value is -1.89. The SMILES string of the molecule is CSc1nnnn1CC(=O)Nc1ccccc1. The molecule has 2 rings (SSSR count). The van der Waals surface area contributed by atoms with Gasteiger partial charge in [-0.1, -0.05) is 30.0 Å². The van der Waals surface area contributed by atoms with Gasteiger partial charge in [-0.15, -0.1) is 5.10 Å². The number of nitrogens with zero attached hydrogens (tertiary/aromatic N) is 4. The predicted octanol–water partition coefficient (Wildman–Crippen LogP) is 1.03. The number of aromatic nitrogens is 4.